The highest BCUT2D eigenvalue weighted by Crippen LogP contribution is 2.03. The van der Waals surface area contributed by atoms with Crippen LogP contribution in [0.2, 0.25) is 0 Å². The van der Waals surface area contributed by atoms with Crippen LogP contribution in [0.15, 0.2) is 4.99 Å². The number of carbonyl (C=O) groups excluding carboxylic acids is 3. The molecule has 176 valence electrons. The Balaban J connectivity index is 5.07. The Hall–Kier alpha value is -3.42. The quantitative estimate of drug-likeness (QED) is 0.0755. The maximum absolute atomic E-state index is 12.6. The van der Waals surface area contributed by atoms with E-state index >= 15 is 0 Å². The average molecular weight is 445 g/mol. The Labute approximate surface area is 179 Å². The van der Waals surface area contributed by atoms with E-state index in [4.69, 9.17) is 27.4 Å². The zero-order valence-corrected chi connectivity index (χ0v) is 17.5. The number of rotatable bonds is 14. The van der Waals surface area contributed by atoms with Crippen LogP contribution < -0.4 is 33.2 Å². The number of carboxylic acids is 2. The first-order chi connectivity index (χ1) is 14.3. The van der Waals surface area contributed by atoms with Crippen molar-refractivity contribution in [3.05, 3.63) is 0 Å². The number of carbonyl (C=O) groups is 5. The predicted molar refractivity (Wildman–Crippen MR) is 110 cm³/mol. The maximum Gasteiger partial charge on any atom is 0.325 e. The van der Waals surface area contributed by atoms with Gasteiger partial charge in [0.1, 0.15) is 18.1 Å². The molecule has 0 radical (unpaired) electrons. The summed E-state index contributed by atoms with van der Waals surface area (Å²) in [6, 6.07) is -4.51. The van der Waals surface area contributed by atoms with Gasteiger partial charge in [0.15, 0.2) is 5.96 Å². The summed E-state index contributed by atoms with van der Waals surface area (Å²) in [6.45, 7) is 2.79. The van der Waals surface area contributed by atoms with Crippen molar-refractivity contribution in [1.29, 1.82) is 0 Å². The molecule has 0 saturated heterocycles. The SMILES string of the molecule is CC(NC(=O)C(C)NC(=O)C(CCCN=C(N)N)NC(=O)C(N)CCC(=O)O)C(=O)O. The third-order valence-electron chi connectivity index (χ3n) is 4.07. The number of aliphatic carboxylic acids is 2. The molecule has 11 N–H and O–H groups in total. The summed E-state index contributed by atoms with van der Waals surface area (Å²) >= 11 is 0. The number of amides is 3. The van der Waals surface area contributed by atoms with Crippen molar-refractivity contribution in [3.63, 3.8) is 0 Å². The molecule has 3 amide bonds. The van der Waals surface area contributed by atoms with Gasteiger partial charge in [-0.15, -0.1) is 0 Å². The van der Waals surface area contributed by atoms with Crippen LogP contribution >= 0.6 is 0 Å². The number of nitrogens with one attached hydrogen (secondary N) is 3. The van der Waals surface area contributed by atoms with Crippen molar-refractivity contribution in [2.75, 3.05) is 6.54 Å². The molecule has 0 aromatic carbocycles. The highest BCUT2D eigenvalue weighted by Gasteiger charge is 2.27. The van der Waals surface area contributed by atoms with Gasteiger partial charge in [0.2, 0.25) is 17.7 Å². The van der Waals surface area contributed by atoms with Gasteiger partial charge in [-0.2, -0.15) is 0 Å². The molecule has 0 aromatic heterocycles. The molecule has 14 heteroatoms. The molecule has 0 fully saturated rings. The number of guanidine groups is 1. The third kappa shape index (κ3) is 12.0. The molecule has 0 rings (SSSR count). The Morgan fingerprint density at radius 1 is 0.871 bits per heavy atom. The van der Waals surface area contributed by atoms with Gasteiger partial charge < -0.3 is 43.4 Å². The van der Waals surface area contributed by atoms with Crippen molar-refractivity contribution in [2.24, 2.45) is 22.2 Å². The largest absolute Gasteiger partial charge is 0.481 e. The molecule has 0 heterocycles. The lowest BCUT2D eigenvalue weighted by Gasteiger charge is -2.23. The highest BCUT2D eigenvalue weighted by molar-refractivity contribution is 5.93. The van der Waals surface area contributed by atoms with E-state index in [1.807, 2.05) is 0 Å². The van der Waals surface area contributed by atoms with Gasteiger partial charge in [-0.05, 0) is 33.1 Å². The van der Waals surface area contributed by atoms with E-state index in [1.165, 1.54) is 13.8 Å². The second-order valence-corrected chi connectivity index (χ2v) is 6.85. The van der Waals surface area contributed by atoms with E-state index in [1.54, 1.807) is 0 Å². The monoisotopic (exact) mass is 445 g/mol. The molecule has 14 nitrogen and oxygen atoms in total. The van der Waals surface area contributed by atoms with Crippen molar-refractivity contribution in [3.8, 4) is 0 Å². The summed E-state index contributed by atoms with van der Waals surface area (Å²) in [5.74, 6) is -4.68. The third-order valence-corrected chi connectivity index (χ3v) is 4.07. The number of hydrogen-bond acceptors (Lipinski definition) is 7. The van der Waals surface area contributed by atoms with E-state index in [9.17, 15) is 24.0 Å². The first-order valence-corrected chi connectivity index (χ1v) is 9.51. The van der Waals surface area contributed by atoms with Gasteiger partial charge in [-0.1, -0.05) is 0 Å². The number of hydrogen-bond donors (Lipinski definition) is 8. The zero-order valence-electron chi connectivity index (χ0n) is 17.5. The highest BCUT2D eigenvalue weighted by atomic mass is 16.4. The van der Waals surface area contributed by atoms with Crippen molar-refractivity contribution in [1.82, 2.24) is 16.0 Å². The lowest BCUT2D eigenvalue weighted by atomic mass is 10.1. The molecule has 0 saturated carbocycles. The van der Waals surface area contributed by atoms with E-state index in [0.29, 0.717) is 6.42 Å². The van der Waals surface area contributed by atoms with Gasteiger partial charge in [-0.25, -0.2) is 0 Å². The summed E-state index contributed by atoms with van der Waals surface area (Å²) in [5.41, 5.74) is 16.1. The smallest absolute Gasteiger partial charge is 0.325 e. The van der Waals surface area contributed by atoms with Gasteiger partial charge >= 0.3 is 11.9 Å². The van der Waals surface area contributed by atoms with E-state index in [-0.39, 0.29) is 31.8 Å². The molecule has 0 aliphatic rings. The van der Waals surface area contributed by atoms with Crippen LogP contribution in [-0.4, -0.2) is 76.5 Å². The molecule has 4 unspecified atom stereocenters. The Bertz CT molecular complexity index is 694. The molecule has 4 atom stereocenters. The van der Waals surface area contributed by atoms with E-state index in [2.05, 4.69) is 20.9 Å². The molecule has 31 heavy (non-hydrogen) atoms. The molecular formula is C17H31N7O7. The van der Waals surface area contributed by atoms with Crippen LogP contribution in [0.3, 0.4) is 0 Å². The van der Waals surface area contributed by atoms with Crippen LogP contribution in [0.25, 0.3) is 0 Å². The minimum absolute atomic E-state index is 0.0971. The number of nitrogens with zero attached hydrogens (tertiary/aromatic N) is 1. The van der Waals surface area contributed by atoms with Crippen molar-refractivity contribution < 1.29 is 34.2 Å². The van der Waals surface area contributed by atoms with Crippen LogP contribution in [0.5, 0.6) is 0 Å². The zero-order chi connectivity index (χ0) is 24.1. The first kappa shape index (κ1) is 27.6. The fourth-order valence-electron chi connectivity index (χ4n) is 2.24. The topological polar surface area (TPSA) is 252 Å². The molecule has 0 aliphatic carbocycles. The lowest BCUT2D eigenvalue weighted by Crippen LogP contribution is -2.56. The van der Waals surface area contributed by atoms with Crippen LogP contribution in [0, 0.1) is 0 Å². The van der Waals surface area contributed by atoms with Crippen molar-refractivity contribution in [2.45, 2.75) is 63.7 Å². The first-order valence-electron chi connectivity index (χ1n) is 9.51. The number of nitrogens with two attached hydrogens (primary N) is 3. The number of carboxylic acid groups (broad SMARTS) is 2. The van der Waals surface area contributed by atoms with E-state index in [0.717, 1.165) is 0 Å². The average Bonchev–Trinajstić information content (AvgIpc) is 2.67. The normalized spacial score (nSPS) is 14.3. The second kappa shape index (κ2) is 13.7. The standard InChI is InChI=1S/C17H31N7O7/c1-8(13(27)23-9(2)16(30)31)22-15(29)11(4-3-7-21-17(19)20)24-14(28)10(18)5-6-12(25)26/h8-11H,3-7,18H2,1-2H3,(H,22,29)(H,23,27)(H,24,28)(H,25,26)(H,30,31)(H4,19,20,21). The Morgan fingerprint density at radius 2 is 1.45 bits per heavy atom. The van der Waals surface area contributed by atoms with Crippen LogP contribution in [-0.2, 0) is 24.0 Å². The summed E-state index contributed by atoms with van der Waals surface area (Å²) in [7, 11) is 0. The van der Waals surface area contributed by atoms with E-state index < -0.39 is 53.8 Å². The van der Waals surface area contributed by atoms with Crippen molar-refractivity contribution >= 4 is 35.6 Å². The van der Waals surface area contributed by atoms with Gasteiger partial charge in [0.25, 0.3) is 0 Å². The molecule has 0 bridgehead atoms. The summed E-state index contributed by atoms with van der Waals surface area (Å²) in [4.78, 5) is 62.1. The molecule has 0 aromatic rings. The summed E-state index contributed by atoms with van der Waals surface area (Å²) < 4.78 is 0. The maximum atomic E-state index is 12.6. The summed E-state index contributed by atoms with van der Waals surface area (Å²) in [5, 5.41) is 24.6. The van der Waals surface area contributed by atoms with Gasteiger partial charge in [-0.3, -0.25) is 29.0 Å². The fraction of sp³-hybridized carbons (Fsp3) is 0.647. The Morgan fingerprint density at radius 3 is 1.97 bits per heavy atom. The van der Waals surface area contributed by atoms with Crippen LogP contribution in [0.1, 0.15) is 39.5 Å². The lowest BCUT2D eigenvalue weighted by molar-refractivity contribution is -0.141. The fourth-order valence-corrected chi connectivity index (χ4v) is 2.24. The molecule has 0 aliphatic heterocycles. The predicted octanol–water partition coefficient (Wildman–Crippen LogP) is -3.19. The molecular weight excluding hydrogens is 414 g/mol. The van der Waals surface area contributed by atoms with Gasteiger partial charge in [0, 0.05) is 13.0 Å². The molecule has 0 spiro atoms. The number of aliphatic imine (C=N–C) groups is 1. The van der Waals surface area contributed by atoms with Gasteiger partial charge in [0.05, 0.1) is 6.04 Å². The summed E-state index contributed by atoms with van der Waals surface area (Å²) in [6.07, 6.45) is -0.0541. The minimum atomic E-state index is -1.24. The Kier molecular flexibility index (Phi) is 12.2. The second-order valence-electron chi connectivity index (χ2n) is 6.85. The minimum Gasteiger partial charge on any atom is -0.481 e. The van der Waals surface area contributed by atoms with Crippen LogP contribution in [0.4, 0.5) is 0 Å².